The van der Waals surface area contributed by atoms with Gasteiger partial charge in [-0.15, -0.1) is 0 Å². The van der Waals surface area contributed by atoms with E-state index in [1.54, 1.807) is 0 Å². The minimum atomic E-state index is 0.667. The maximum absolute atomic E-state index is 5.25. The van der Waals surface area contributed by atoms with Crippen molar-refractivity contribution in [1.82, 2.24) is 9.88 Å². The number of hydrazine groups is 1. The monoisotopic (exact) mass is 195 g/mol. The van der Waals surface area contributed by atoms with Crippen molar-refractivity contribution in [2.24, 2.45) is 5.84 Å². The lowest BCUT2D eigenvalue weighted by atomic mass is 10.4. The Bertz CT molecular complexity index is 274. The molecule has 0 unspecified atom stereocenters. The number of aromatic nitrogens is 1. The second-order valence-corrected chi connectivity index (χ2v) is 3.28. The smallest absolute Gasteiger partial charge is 0.142 e. The second kappa shape index (κ2) is 5.41. The Morgan fingerprint density at radius 2 is 2.07 bits per heavy atom. The topological polar surface area (TPSA) is 66.2 Å². The van der Waals surface area contributed by atoms with E-state index in [1.165, 1.54) is 0 Å². The molecule has 0 aliphatic rings. The molecule has 0 fully saturated rings. The predicted molar refractivity (Wildman–Crippen MR) is 59.1 cm³/mol. The van der Waals surface area contributed by atoms with E-state index in [-0.39, 0.29) is 0 Å². The van der Waals surface area contributed by atoms with E-state index in [9.17, 15) is 0 Å². The Labute approximate surface area is 84.3 Å². The molecule has 14 heavy (non-hydrogen) atoms. The van der Waals surface area contributed by atoms with Gasteiger partial charge in [0.15, 0.2) is 0 Å². The fourth-order valence-electron chi connectivity index (χ4n) is 1.02. The fraction of sp³-hybridized carbons (Fsp3) is 0.444. The van der Waals surface area contributed by atoms with Crippen LogP contribution in [0.5, 0.6) is 0 Å². The van der Waals surface area contributed by atoms with E-state index < -0.39 is 0 Å². The zero-order chi connectivity index (χ0) is 10.4. The molecule has 1 aromatic rings. The molecule has 0 aliphatic heterocycles. The molecule has 0 radical (unpaired) electrons. The predicted octanol–water partition coefficient (Wildman–Crippen LogP) is 0.341. The van der Waals surface area contributed by atoms with Gasteiger partial charge in [0.1, 0.15) is 11.6 Å². The van der Waals surface area contributed by atoms with Gasteiger partial charge in [-0.3, -0.25) is 0 Å². The number of likely N-dealkylation sites (N-methyl/N-ethyl adjacent to an activating group) is 1. The minimum absolute atomic E-state index is 0.667. The first-order valence-corrected chi connectivity index (χ1v) is 4.54. The molecule has 5 nitrogen and oxygen atoms in total. The standard InChI is InChI=1S/C9H17N5/c1-14(2)7-6-11-8-4-3-5-9(12-8)13-10/h3-5H,6-7,10H2,1-2H3,(H2,11,12,13). The van der Waals surface area contributed by atoms with Gasteiger partial charge in [0, 0.05) is 13.1 Å². The number of nitrogens with two attached hydrogens (primary N) is 1. The molecule has 0 amide bonds. The van der Waals surface area contributed by atoms with Crippen molar-refractivity contribution in [2.75, 3.05) is 37.9 Å². The van der Waals surface area contributed by atoms with Crippen molar-refractivity contribution >= 4 is 11.6 Å². The van der Waals surface area contributed by atoms with Gasteiger partial charge >= 0.3 is 0 Å². The Kier molecular flexibility index (Phi) is 4.15. The number of pyridine rings is 1. The summed E-state index contributed by atoms with van der Waals surface area (Å²) in [6.07, 6.45) is 0. The van der Waals surface area contributed by atoms with Crippen LogP contribution >= 0.6 is 0 Å². The van der Waals surface area contributed by atoms with Gasteiger partial charge in [-0.1, -0.05) is 6.07 Å². The number of anilines is 2. The largest absolute Gasteiger partial charge is 0.369 e. The summed E-state index contributed by atoms with van der Waals surface area (Å²) in [5, 5.41) is 3.20. The summed E-state index contributed by atoms with van der Waals surface area (Å²) in [6.45, 7) is 1.84. The number of hydrogen-bond donors (Lipinski definition) is 3. The normalized spacial score (nSPS) is 10.3. The van der Waals surface area contributed by atoms with Crippen LogP contribution < -0.4 is 16.6 Å². The summed E-state index contributed by atoms with van der Waals surface area (Å²) in [5.74, 6) is 6.75. The molecular weight excluding hydrogens is 178 g/mol. The molecule has 0 bridgehead atoms. The second-order valence-electron chi connectivity index (χ2n) is 3.28. The van der Waals surface area contributed by atoms with E-state index in [1.807, 2.05) is 32.3 Å². The molecule has 1 aromatic heterocycles. The van der Waals surface area contributed by atoms with Crippen LogP contribution in [0.3, 0.4) is 0 Å². The van der Waals surface area contributed by atoms with Gasteiger partial charge in [0.2, 0.25) is 0 Å². The maximum atomic E-state index is 5.25. The molecule has 1 rings (SSSR count). The van der Waals surface area contributed by atoms with Gasteiger partial charge in [-0.2, -0.15) is 0 Å². The van der Waals surface area contributed by atoms with Crippen LogP contribution in [-0.4, -0.2) is 37.1 Å². The number of hydrogen-bond acceptors (Lipinski definition) is 5. The Hall–Kier alpha value is -1.33. The Morgan fingerprint density at radius 3 is 2.71 bits per heavy atom. The summed E-state index contributed by atoms with van der Waals surface area (Å²) in [5.41, 5.74) is 2.51. The average Bonchev–Trinajstić information content (AvgIpc) is 2.18. The molecule has 4 N–H and O–H groups in total. The highest BCUT2D eigenvalue weighted by Gasteiger charge is 1.95. The van der Waals surface area contributed by atoms with Gasteiger partial charge in [-0.05, 0) is 26.2 Å². The zero-order valence-corrected chi connectivity index (χ0v) is 8.62. The quantitative estimate of drug-likeness (QED) is 0.467. The van der Waals surface area contributed by atoms with Crippen LogP contribution in [0.25, 0.3) is 0 Å². The van der Waals surface area contributed by atoms with Crippen LogP contribution in [0.2, 0.25) is 0 Å². The Balaban J connectivity index is 2.42. The maximum Gasteiger partial charge on any atom is 0.142 e. The van der Waals surface area contributed by atoms with E-state index in [0.29, 0.717) is 5.82 Å². The molecule has 0 aliphatic carbocycles. The van der Waals surface area contributed by atoms with Crippen LogP contribution in [0, 0.1) is 0 Å². The van der Waals surface area contributed by atoms with Crippen LogP contribution in [0.15, 0.2) is 18.2 Å². The summed E-state index contributed by atoms with van der Waals surface area (Å²) in [6, 6.07) is 5.63. The third-order valence-electron chi connectivity index (χ3n) is 1.76. The minimum Gasteiger partial charge on any atom is -0.369 e. The average molecular weight is 195 g/mol. The van der Waals surface area contributed by atoms with Gasteiger partial charge < -0.3 is 15.6 Å². The SMILES string of the molecule is CN(C)CCNc1cccc(NN)n1. The van der Waals surface area contributed by atoms with Crippen LogP contribution in [-0.2, 0) is 0 Å². The third kappa shape index (κ3) is 3.59. The van der Waals surface area contributed by atoms with Crippen molar-refractivity contribution in [3.8, 4) is 0 Å². The number of nitrogens with zero attached hydrogens (tertiary/aromatic N) is 2. The van der Waals surface area contributed by atoms with Crippen molar-refractivity contribution < 1.29 is 0 Å². The van der Waals surface area contributed by atoms with E-state index in [0.717, 1.165) is 18.9 Å². The first-order valence-electron chi connectivity index (χ1n) is 4.54. The highest BCUT2D eigenvalue weighted by atomic mass is 15.3. The molecule has 1 heterocycles. The number of rotatable bonds is 5. The first kappa shape index (κ1) is 10.7. The molecule has 0 atom stereocenters. The summed E-state index contributed by atoms with van der Waals surface area (Å²) in [7, 11) is 4.07. The third-order valence-corrected chi connectivity index (χ3v) is 1.76. The molecule has 5 heteroatoms. The summed E-state index contributed by atoms with van der Waals surface area (Å²) < 4.78 is 0. The van der Waals surface area contributed by atoms with Crippen molar-refractivity contribution in [3.05, 3.63) is 18.2 Å². The highest BCUT2D eigenvalue weighted by molar-refractivity contribution is 5.44. The van der Waals surface area contributed by atoms with Crippen LogP contribution in [0.4, 0.5) is 11.6 Å². The van der Waals surface area contributed by atoms with E-state index in [4.69, 9.17) is 5.84 Å². The molecular formula is C9H17N5. The zero-order valence-electron chi connectivity index (χ0n) is 8.62. The Morgan fingerprint density at radius 1 is 1.36 bits per heavy atom. The van der Waals surface area contributed by atoms with Crippen LogP contribution in [0.1, 0.15) is 0 Å². The summed E-state index contributed by atoms with van der Waals surface area (Å²) in [4.78, 5) is 6.33. The van der Waals surface area contributed by atoms with E-state index in [2.05, 4.69) is 20.6 Å². The molecule has 0 aromatic carbocycles. The molecule has 0 spiro atoms. The molecule has 0 saturated carbocycles. The molecule has 78 valence electrons. The summed E-state index contributed by atoms with van der Waals surface area (Å²) >= 11 is 0. The fourth-order valence-corrected chi connectivity index (χ4v) is 1.02. The number of nitrogen functional groups attached to an aromatic ring is 1. The van der Waals surface area contributed by atoms with Crippen molar-refractivity contribution in [2.45, 2.75) is 0 Å². The first-order chi connectivity index (χ1) is 6.72. The van der Waals surface area contributed by atoms with Gasteiger partial charge in [-0.25, -0.2) is 10.8 Å². The molecule has 0 saturated heterocycles. The van der Waals surface area contributed by atoms with Gasteiger partial charge in [0.25, 0.3) is 0 Å². The number of nitrogens with one attached hydrogen (secondary N) is 2. The lowest BCUT2D eigenvalue weighted by Gasteiger charge is -2.11. The van der Waals surface area contributed by atoms with Crippen molar-refractivity contribution in [3.63, 3.8) is 0 Å². The lowest BCUT2D eigenvalue weighted by molar-refractivity contribution is 0.425. The van der Waals surface area contributed by atoms with Gasteiger partial charge in [0.05, 0.1) is 0 Å². The highest BCUT2D eigenvalue weighted by Crippen LogP contribution is 2.06. The van der Waals surface area contributed by atoms with E-state index >= 15 is 0 Å². The lowest BCUT2D eigenvalue weighted by Crippen LogP contribution is -2.21. The van der Waals surface area contributed by atoms with Crippen molar-refractivity contribution in [1.29, 1.82) is 0 Å².